The van der Waals surface area contributed by atoms with Gasteiger partial charge in [-0.1, -0.05) is 164 Å². The van der Waals surface area contributed by atoms with E-state index in [-0.39, 0.29) is 74.1 Å². The number of carbonyl (C=O) groups excluding carboxylic acids is 8. The van der Waals surface area contributed by atoms with Crippen LogP contribution in [0.4, 0.5) is 0 Å². The molecule has 1 fully saturated rings. The smallest absolute Gasteiger partial charge is 0.328 e. The predicted molar refractivity (Wildman–Crippen MR) is 335 cm³/mol. The summed E-state index contributed by atoms with van der Waals surface area (Å²) in [6, 6.07) is 28.5. The van der Waals surface area contributed by atoms with Crippen molar-refractivity contribution < 1.29 is 52.6 Å². The first-order valence-electron chi connectivity index (χ1n) is 29.6. The maximum absolute atomic E-state index is 15.3. The zero-order valence-corrected chi connectivity index (χ0v) is 52.9. The van der Waals surface area contributed by atoms with Crippen molar-refractivity contribution in [3.05, 3.63) is 138 Å². The molecule has 0 radical (unpaired) electrons. The van der Waals surface area contributed by atoms with Crippen LogP contribution in [0.2, 0.25) is 5.04 Å². The number of amides is 7. The van der Waals surface area contributed by atoms with Gasteiger partial charge >= 0.3 is 14.3 Å². The Morgan fingerprint density at radius 2 is 1.36 bits per heavy atom. The zero-order valence-electron chi connectivity index (χ0n) is 51.0. The first-order valence-corrected chi connectivity index (χ1v) is 32.9. The second kappa shape index (κ2) is 33.4. The fraction of sp³-hybridized carbons (Fsp3) is 0.477. The van der Waals surface area contributed by atoms with Gasteiger partial charge in [-0.15, -0.1) is 0 Å². The fourth-order valence-corrected chi connectivity index (χ4v) is 15.3. The standard InChI is InChI=1S/C65H89N7O11SSi/c1-11-13-17-32-56(74)66-52(37-39-84-10)60(77)71-57-44(5)82-64(81)54(40-43(3)4)70-61(78)55(42-46-33-35-47(36-34-46)83-85(65(6,7)8,48-27-20-15-21-28-48)49-29-22-16-23-30-49)72(9)63(80)53(41-45-25-18-14-19-26-45)69-59(76)51(31-24-38-73)68-58(75)50(12-2)67-62(57)79/h12,14-16,18-23,25-30,33-36,43-44,51-55,57,73H,11,13,17,24,31-32,37-42H2,1-10H3,(H,66,74)(H,67,79)(H,68,75)(H,69,76)(H,70,78)(H,71,77)/b50-12-/t44-,51+,52+,53+,54+,55?,57?/m1/s1. The molecule has 1 aliphatic rings. The van der Waals surface area contributed by atoms with Gasteiger partial charge in [0, 0.05) is 32.9 Å². The van der Waals surface area contributed by atoms with E-state index in [0.29, 0.717) is 29.1 Å². The molecule has 20 heteroatoms. The lowest BCUT2D eigenvalue weighted by molar-refractivity contribution is -0.156. The van der Waals surface area contributed by atoms with E-state index in [4.69, 9.17) is 9.16 Å². The second-order valence-electron chi connectivity index (χ2n) is 23.1. The van der Waals surface area contributed by atoms with Crippen molar-refractivity contribution in [3.63, 3.8) is 0 Å². The van der Waals surface area contributed by atoms with Gasteiger partial charge < -0.3 is 51.1 Å². The molecule has 7 amide bonds. The number of thioether (sulfide) groups is 1. The summed E-state index contributed by atoms with van der Waals surface area (Å²) in [5, 5.41) is 28.2. The van der Waals surface area contributed by atoms with E-state index in [0.717, 1.165) is 23.2 Å². The van der Waals surface area contributed by atoms with Gasteiger partial charge in [0.05, 0.1) is 0 Å². The molecule has 0 bridgehead atoms. The van der Waals surface area contributed by atoms with Crippen LogP contribution in [0.15, 0.2) is 127 Å². The van der Waals surface area contributed by atoms with Crippen molar-refractivity contribution in [1.29, 1.82) is 0 Å². The summed E-state index contributed by atoms with van der Waals surface area (Å²) in [6.45, 7) is 14.7. The number of benzene rings is 4. The average molecular weight is 1200 g/mol. The van der Waals surface area contributed by atoms with E-state index in [9.17, 15) is 33.9 Å². The lowest BCUT2D eigenvalue weighted by atomic mass is 9.99. The Balaban J connectivity index is 1.62. The van der Waals surface area contributed by atoms with Gasteiger partial charge in [0.2, 0.25) is 29.5 Å². The number of hydrogen-bond acceptors (Lipinski definition) is 12. The number of carbonyl (C=O) groups is 8. The molecule has 18 nitrogen and oxygen atoms in total. The quantitative estimate of drug-likeness (QED) is 0.0202. The first kappa shape index (κ1) is 68.5. The van der Waals surface area contributed by atoms with Gasteiger partial charge in [-0.05, 0) is 103 Å². The van der Waals surface area contributed by atoms with E-state index in [1.807, 2.05) is 87.7 Å². The maximum atomic E-state index is 15.3. The van der Waals surface area contributed by atoms with Crippen molar-refractivity contribution in [3.8, 4) is 5.75 Å². The van der Waals surface area contributed by atoms with Gasteiger partial charge in [-0.25, -0.2) is 4.79 Å². The van der Waals surface area contributed by atoms with Crippen LogP contribution in [0.25, 0.3) is 0 Å². The van der Waals surface area contributed by atoms with Crippen LogP contribution in [0.1, 0.15) is 118 Å². The summed E-state index contributed by atoms with van der Waals surface area (Å²) in [6.07, 6.45) is 4.23. The molecule has 4 aromatic carbocycles. The third-order valence-corrected chi connectivity index (χ3v) is 20.6. The van der Waals surface area contributed by atoms with Crippen LogP contribution in [-0.4, -0.2) is 134 Å². The molecule has 0 aromatic heterocycles. The molecule has 0 saturated carbocycles. The Labute approximate surface area is 507 Å². The Bertz CT molecular complexity index is 2830. The molecular weight excluding hydrogens is 1110 g/mol. The van der Waals surface area contributed by atoms with Crippen LogP contribution in [-0.2, 0) is 55.9 Å². The van der Waals surface area contributed by atoms with Crippen LogP contribution < -0.4 is 46.7 Å². The van der Waals surface area contributed by atoms with Crippen molar-refractivity contribution in [2.45, 2.75) is 167 Å². The van der Waals surface area contributed by atoms with Crippen molar-refractivity contribution in [1.82, 2.24) is 36.8 Å². The summed E-state index contributed by atoms with van der Waals surface area (Å²) >= 11 is 1.45. The van der Waals surface area contributed by atoms with Gasteiger partial charge in [0.15, 0.2) is 0 Å². The van der Waals surface area contributed by atoms with Crippen LogP contribution in [0.5, 0.6) is 5.75 Å². The predicted octanol–water partition coefficient (Wildman–Crippen LogP) is 5.78. The highest BCUT2D eigenvalue weighted by atomic mass is 32.2. The van der Waals surface area contributed by atoms with E-state index in [2.05, 4.69) is 76.9 Å². The normalized spacial score (nSPS) is 20.6. The molecule has 1 heterocycles. The third kappa shape index (κ3) is 19.6. The monoisotopic (exact) mass is 1200 g/mol. The van der Waals surface area contributed by atoms with Crippen molar-refractivity contribution >= 4 is 77.8 Å². The summed E-state index contributed by atoms with van der Waals surface area (Å²) in [7, 11) is -1.62. The number of nitrogens with one attached hydrogen (secondary N) is 6. The number of aliphatic hydroxyl groups excluding tert-OH is 1. The van der Waals surface area contributed by atoms with Gasteiger partial charge in [-0.2, -0.15) is 11.8 Å². The van der Waals surface area contributed by atoms with Crippen LogP contribution in [0.3, 0.4) is 0 Å². The number of likely N-dealkylation sites (N-methyl/N-ethyl adjacent to an activating group) is 1. The molecule has 5 rings (SSSR count). The zero-order chi connectivity index (χ0) is 62.3. The fourth-order valence-electron chi connectivity index (χ4n) is 10.4. The number of nitrogens with zero attached hydrogens (tertiary/aromatic N) is 1. The number of aliphatic hydroxyl groups is 1. The summed E-state index contributed by atoms with van der Waals surface area (Å²) < 4.78 is 13.3. The van der Waals surface area contributed by atoms with E-state index in [1.54, 1.807) is 30.3 Å². The number of rotatable bonds is 23. The second-order valence-corrected chi connectivity index (χ2v) is 28.3. The minimum Gasteiger partial charge on any atom is -0.534 e. The molecule has 7 N–H and O–H groups in total. The number of hydrogen-bond donors (Lipinski definition) is 7. The SMILES string of the molecule is C/C=C1\NC(=O)C(NC(=O)[C@H](CCSC)NC(=O)CCCCC)[C@@H](C)OC(=O)[C@H](CC(C)C)NC(=O)C(Cc2ccc(O[Si](c3ccccc3)(c3ccccc3)C(C)(C)C)cc2)N(C)C(=O)[C@H](Cc2ccccc2)NC(=O)[C@H](CCCO)NC1=O. The minimum absolute atomic E-state index is 0.0385. The van der Waals surface area contributed by atoms with E-state index in [1.165, 1.54) is 43.6 Å². The maximum Gasteiger partial charge on any atom is 0.328 e. The topological polar surface area (TPSA) is 251 Å². The molecule has 460 valence electrons. The number of allylic oxidation sites excluding steroid dienone is 1. The summed E-state index contributed by atoms with van der Waals surface area (Å²) in [5.41, 5.74) is 0.954. The molecule has 1 aliphatic heterocycles. The summed E-state index contributed by atoms with van der Waals surface area (Å²) in [5.74, 6) is -5.31. The Morgan fingerprint density at radius 3 is 1.92 bits per heavy atom. The Morgan fingerprint density at radius 1 is 0.776 bits per heavy atom. The first-order chi connectivity index (χ1) is 40.6. The Hall–Kier alpha value is -7.29. The lowest BCUT2D eigenvalue weighted by Gasteiger charge is -2.43. The van der Waals surface area contributed by atoms with Gasteiger partial charge in [-0.3, -0.25) is 33.6 Å². The van der Waals surface area contributed by atoms with Crippen LogP contribution >= 0.6 is 11.8 Å². The minimum atomic E-state index is -3.07. The molecule has 0 spiro atoms. The molecule has 1 saturated heterocycles. The van der Waals surface area contributed by atoms with Crippen molar-refractivity contribution in [2.24, 2.45) is 5.92 Å². The third-order valence-electron chi connectivity index (χ3n) is 15.0. The molecular formula is C65H89N7O11SSi. The summed E-state index contributed by atoms with van der Waals surface area (Å²) in [4.78, 5) is 117. The molecule has 4 aromatic rings. The Kier molecular flexibility index (Phi) is 26.9. The average Bonchev–Trinajstić information content (AvgIpc) is 1.14. The highest BCUT2D eigenvalue weighted by Gasteiger charge is 2.52. The van der Waals surface area contributed by atoms with E-state index < -0.39 is 92.1 Å². The lowest BCUT2D eigenvalue weighted by Crippen LogP contribution is -2.68. The number of unbranched alkanes of at least 4 members (excludes halogenated alkanes) is 2. The molecule has 0 aliphatic carbocycles. The number of esters is 1. The van der Waals surface area contributed by atoms with Gasteiger partial charge in [0.1, 0.15) is 53.8 Å². The molecule has 2 unspecified atom stereocenters. The van der Waals surface area contributed by atoms with Crippen LogP contribution in [0, 0.1) is 5.92 Å². The molecule has 7 atom stereocenters. The van der Waals surface area contributed by atoms with Gasteiger partial charge in [0.25, 0.3) is 11.8 Å². The number of ether oxygens (including phenoxy) is 1. The number of cyclic esters (lactones) is 1. The van der Waals surface area contributed by atoms with E-state index >= 15 is 9.59 Å². The van der Waals surface area contributed by atoms with Crippen molar-refractivity contribution in [2.75, 3.05) is 25.7 Å². The largest absolute Gasteiger partial charge is 0.534 e. The highest BCUT2D eigenvalue weighted by molar-refractivity contribution is 7.98. The molecule has 85 heavy (non-hydrogen) atoms. The highest BCUT2D eigenvalue weighted by Crippen LogP contribution is 2.38.